The predicted molar refractivity (Wildman–Crippen MR) is 89.0 cm³/mol. The minimum absolute atomic E-state index is 0.149. The third-order valence-electron chi connectivity index (χ3n) is 4.90. The van der Waals surface area contributed by atoms with Gasteiger partial charge in [-0.25, -0.2) is 0 Å². The second kappa shape index (κ2) is 6.26. The molecule has 1 aliphatic carbocycles. The van der Waals surface area contributed by atoms with Crippen LogP contribution in [0.4, 0.5) is 5.69 Å². The van der Waals surface area contributed by atoms with Crippen LogP contribution in [0.15, 0.2) is 27.8 Å². The lowest BCUT2D eigenvalue weighted by atomic mass is 9.95. The Morgan fingerprint density at radius 3 is 2.67 bits per heavy atom. The third kappa shape index (κ3) is 2.89. The van der Waals surface area contributed by atoms with Gasteiger partial charge < -0.3 is 15.8 Å². The van der Waals surface area contributed by atoms with Crippen LogP contribution in [-0.2, 0) is 0 Å². The fourth-order valence-electron chi connectivity index (χ4n) is 3.88. The van der Waals surface area contributed by atoms with Crippen LogP contribution in [0.3, 0.4) is 0 Å². The quantitative estimate of drug-likeness (QED) is 0.377. The highest BCUT2D eigenvalue weighted by molar-refractivity contribution is 9.10. The van der Waals surface area contributed by atoms with Gasteiger partial charge in [-0.2, -0.15) is 0 Å². The molecule has 1 aromatic rings. The second-order valence-corrected chi connectivity index (χ2v) is 6.95. The average molecular weight is 352 g/mol. The van der Waals surface area contributed by atoms with E-state index in [9.17, 15) is 0 Å². The number of nitrogens with two attached hydrogens (primary N) is 1. The summed E-state index contributed by atoms with van der Waals surface area (Å²) in [7, 11) is 0. The van der Waals surface area contributed by atoms with Gasteiger partial charge in [0.2, 0.25) is 0 Å². The maximum absolute atomic E-state index is 8.78. The molecule has 114 valence electrons. The van der Waals surface area contributed by atoms with Crippen LogP contribution in [0.2, 0.25) is 0 Å². The Bertz CT molecular complexity index is 540. The van der Waals surface area contributed by atoms with Gasteiger partial charge in [-0.3, -0.25) is 0 Å². The van der Waals surface area contributed by atoms with Crippen molar-refractivity contribution in [3.8, 4) is 0 Å². The molecule has 0 aromatic heterocycles. The first-order chi connectivity index (χ1) is 10.2. The summed E-state index contributed by atoms with van der Waals surface area (Å²) in [5.41, 5.74) is 7.63. The molecule has 1 aromatic carbocycles. The molecule has 2 fully saturated rings. The van der Waals surface area contributed by atoms with Crippen molar-refractivity contribution in [3.05, 3.63) is 28.2 Å². The maximum Gasteiger partial charge on any atom is 0.170 e. The lowest BCUT2D eigenvalue weighted by Crippen LogP contribution is -2.34. The molecule has 5 heteroatoms. The van der Waals surface area contributed by atoms with Crippen molar-refractivity contribution in [2.75, 3.05) is 11.4 Å². The van der Waals surface area contributed by atoms with E-state index >= 15 is 0 Å². The number of amidine groups is 1. The highest BCUT2D eigenvalue weighted by Gasteiger charge is 2.34. The smallest absolute Gasteiger partial charge is 0.170 e. The Kier molecular flexibility index (Phi) is 4.38. The highest BCUT2D eigenvalue weighted by Crippen LogP contribution is 2.40. The lowest BCUT2D eigenvalue weighted by molar-refractivity contribution is 0.318. The predicted octanol–water partition coefficient (Wildman–Crippen LogP) is 3.70. The zero-order chi connectivity index (χ0) is 14.8. The van der Waals surface area contributed by atoms with Gasteiger partial charge in [0.25, 0.3) is 0 Å². The molecular formula is C16H22BrN3O. The number of benzene rings is 1. The SMILES string of the molecule is N/C(=N/O)c1ccc(N2CCCC2C2CCCC2)c(Br)c1. The summed E-state index contributed by atoms with van der Waals surface area (Å²) in [5.74, 6) is 0.999. The van der Waals surface area contributed by atoms with E-state index in [0.29, 0.717) is 6.04 Å². The molecular weight excluding hydrogens is 330 g/mol. The molecule has 2 aliphatic rings. The van der Waals surface area contributed by atoms with E-state index in [0.717, 1.165) is 22.5 Å². The van der Waals surface area contributed by atoms with E-state index in [1.54, 1.807) is 0 Å². The lowest BCUT2D eigenvalue weighted by Gasteiger charge is -2.32. The molecule has 0 amide bonds. The molecule has 3 rings (SSSR count). The molecule has 1 saturated heterocycles. The number of rotatable bonds is 3. The minimum Gasteiger partial charge on any atom is -0.409 e. The second-order valence-electron chi connectivity index (χ2n) is 6.10. The van der Waals surface area contributed by atoms with E-state index in [4.69, 9.17) is 10.9 Å². The summed E-state index contributed by atoms with van der Waals surface area (Å²) in [5, 5.41) is 11.8. The number of oxime groups is 1. The standard InChI is InChI=1S/C16H22BrN3O/c17-13-10-12(16(18)19-21)7-8-15(13)20-9-3-6-14(20)11-4-1-2-5-11/h7-8,10-11,14,21H,1-6,9H2,(H2,18,19). The third-order valence-corrected chi connectivity index (χ3v) is 5.54. The van der Waals surface area contributed by atoms with Crippen LogP contribution in [0, 0.1) is 5.92 Å². The summed E-state index contributed by atoms with van der Waals surface area (Å²) in [6, 6.07) is 6.64. The molecule has 0 spiro atoms. The topological polar surface area (TPSA) is 61.9 Å². The molecule has 1 heterocycles. The monoisotopic (exact) mass is 351 g/mol. The van der Waals surface area contributed by atoms with Crippen molar-refractivity contribution < 1.29 is 5.21 Å². The van der Waals surface area contributed by atoms with E-state index in [2.05, 4.69) is 32.1 Å². The van der Waals surface area contributed by atoms with Crippen LogP contribution < -0.4 is 10.6 Å². The first-order valence-corrected chi connectivity index (χ1v) is 8.54. The number of anilines is 1. The van der Waals surface area contributed by atoms with Crippen molar-refractivity contribution in [1.29, 1.82) is 0 Å². The highest BCUT2D eigenvalue weighted by atomic mass is 79.9. The largest absolute Gasteiger partial charge is 0.409 e. The molecule has 3 N–H and O–H groups in total. The van der Waals surface area contributed by atoms with Gasteiger partial charge in [-0.05, 0) is 65.7 Å². The van der Waals surface area contributed by atoms with Gasteiger partial charge in [0, 0.05) is 22.6 Å². The number of nitrogens with zero attached hydrogens (tertiary/aromatic N) is 2. The number of hydrogen-bond donors (Lipinski definition) is 2. The van der Waals surface area contributed by atoms with E-state index in [-0.39, 0.29) is 5.84 Å². The van der Waals surface area contributed by atoms with Crippen LogP contribution in [0.5, 0.6) is 0 Å². The van der Waals surface area contributed by atoms with E-state index < -0.39 is 0 Å². The Morgan fingerprint density at radius 2 is 2.00 bits per heavy atom. The molecule has 1 unspecified atom stereocenters. The van der Waals surface area contributed by atoms with Crippen molar-refractivity contribution >= 4 is 27.5 Å². The summed E-state index contributed by atoms with van der Waals surface area (Å²) in [6.07, 6.45) is 8.11. The molecule has 1 atom stereocenters. The van der Waals surface area contributed by atoms with Gasteiger partial charge in [0.1, 0.15) is 0 Å². The van der Waals surface area contributed by atoms with Crippen molar-refractivity contribution in [2.45, 2.75) is 44.6 Å². The van der Waals surface area contributed by atoms with Crippen LogP contribution in [-0.4, -0.2) is 23.6 Å². The first-order valence-electron chi connectivity index (χ1n) is 7.75. The normalized spacial score (nSPS) is 24.0. The molecule has 0 radical (unpaired) electrons. The minimum atomic E-state index is 0.149. The first kappa shape index (κ1) is 14.7. The van der Waals surface area contributed by atoms with Gasteiger partial charge >= 0.3 is 0 Å². The molecule has 4 nitrogen and oxygen atoms in total. The van der Waals surface area contributed by atoms with Gasteiger partial charge in [-0.1, -0.05) is 18.0 Å². The summed E-state index contributed by atoms with van der Waals surface area (Å²) in [4.78, 5) is 2.55. The van der Waals surface area contributed by atoms with Crippen LogP contribution in [0.1, 0.15) is 44.1 Å². The summed E-state index contributed by atoms with van der Waals surface area (Å²) >= 11 is 3.66. The van der Waals surface area contributed by atoms with Gasteiger partial charge in [0.15, 0.2) is 5.84 Å². The fraction of sp³-hybridized carbons (Fsp3) is 0.562. The Balaban J connectivity index is 1.85. The van der Waals surface area contributed by atoms with Crippen LogP contribution in [0.25, 0.3) is 0 Å². The fourth-order valence-corrected chi connectivity index (χ4v) is 4.49. The van der Waals surface area contributed by atoms with Crippen molar-refractivity contribution in [3.63, 3.8) is 0 Å². The summed E-state index contributed by atoms with van der Waals surface area (Å²) < 4.78 is 1.02. The average Bonchev–Trinajstić information content (AvgIpc) is 3.16. The van der Waals surface area contributed by atoms with Crippen molar-refractivity contribution in [1.82, 2.24) is 0 Å². The Labute approximate surface area is 134 Å². The van der Waals surface area contributed by atoms with Gasteiger partial charge in [0.05, 0.1) is 5.69 Å². The van der Waals surface area contributed by atoms with E-state index in [1.165, 1.54) is 44.2 Å². The Hall–Kier alpha value is -1.23. The van der Waals surface area contributed by atoms with Crippen LogP contribution >= 0.6 is 15.9 Å². The molecule has 1 aliphatic heterocycles. The van der Waals surface area contributed by atoms with Gasteiger partial charge in [-0.15, -0.1) is 0 Å². The molecule has 1 saturated carbocycles. The maximum atomic E-state index is 8.78. The Morgan fingerprint density at radius 1 is 1.24 bits per heavy atom. The zero-order valence-corrected chi connectivity index (χ0v) is 13.7. The molecule has 21 heavy (non-hydrogen) atoms. The summed E-state index contributed by atoms with van der Waals surface area (Å²) in [6.45, 7) is 1.13. The van der Waals surface area contributed by atoms with E-state index in [1.807, 2.05) is 12.1 Å². The molecule has 0 bridgehead atoms. The number of halogens is 1. The zero-order valence-electron chi connectivity index (χ0n) is 12.1. The van der Waals surface area contributed by atoms with Crippen molar-refractivity contribution in [2.24, 2.45) is 16.8 Å². The number of hydrogen-bond acceptors (Lipinski definition) is 3.